The van der Waals surface area contributed by atoms with Crippen LogP contribution in [0.15, 0.2) is 53.4 Å². The number of benzene rings is 2. The molecule has 5 heteroatoms. The highest BCUT2D eigenvalue weighted by Gasteiger charge is 2.23. The first-order chi connectivity index (χ1) is 8.94. The van der Waals surface area contributed by atoms with E-state index in [0.29, 0.717) is 16.9 Å². The molecule has 0 saturated carbocycles. The summed E-state index contributed by atoms with van der Waals surface area (Å²) in [6.45, 7) is 1.71. The zero-order valence-electron chi connectivity index (χ0n) is 10.9. The first-order valence-electron chi connectivity index (χ1n) is 5.83. The minimum absolute atomic E-state index is 0.235. The summed E-state index contributed by atoms with van der Waals surface area (Å²) in [6.07, 6.45) is 0. The van der Waals surface area contributed by atoms with Crippen LogP contribution in [0.1, 0.15) is 5.56 Å². The van der Waals surface area contributed by atoms with Gasteiger partial charge in [0.05, 0.1) is 10.6 Å². The maximum absolute atomic E-state index is 12.6. The van der Waals surface area contributed by atoms with Crippen LogP contribution >= 0.6 is 0 Å². The van der Waals surface area contributed by atoms with E-state index in [0.717, 1.165) is 0 Å². The molecule has 100 valence electrons. The van der Waals surface area contributed by atoms with Crippen molar-refractivity contribution in [2.24, 2.45) is 0 Å². The summed E-state index contributed by atoms with van der Waals surface area (Å²) in [5.74, 6) is 0. The highest BCUT2D eigenvalue weighted by Crippen LogP contribution is 2.26. The number of nitrogen functional groups attached to an aromatic ring is 1. The lowest BCUT2D eigenvalue weighted by Gasteiger charge is -2.21. The van der Waals surface area contributed by atoms with Gasteiger partial charge in [-0.05, 0) is 36.8 Å². The molecule has 0 spiro atoms. The molecule has 0 amide bonds. The van der Waals surface area contributed by atoms with Crippen LogP contribution in [-0.4, -0.2) is 15.5 Å². The molecule has 2 N–H and O–H groups in total. The summed E-state index contributed by atoms with van der Waals surface area (Å²) in [5.41, 5.74) is 7.44. The average molecular weight is 276 g/mol. The number of hydrogen-bond acceptors (Lipinski definition) is 3. The molecule has 0 saturated heterocycles. The molecule has 0 aliphatic heterocycles. The molecule has 0 fully saturated rings. The van der Waals surface area contributed by atoms with E-state index < -0.39 is 10.0 Å². The molecule has 0 unspecified atom stereocenters. The maximum Gasteiger partial charge on any atom is 0.264 e. The van der Waals surface area contributed by atoms with Crippen molar-refractivity contribution in [2.45, 2.75) is 11.8 Å². The zero-order valence-corrected chi connectivity index (χ0v) is 11.7. The Morgan fingerprint density at radius 1 is 1.00 bits per heavy atom. The van der Waals surface area contributed by atoms with Gasteiger partial charge in [-0.1, -0.05) is 24.3 Å². The molecule has 0 aromatic heterocycles. The van der Waals surface area contributed by atoms with E-state index in [9.17, 15) is 8.42 Å². The highest BCUT2D eigenvalue weighted by atomic mass is 32.2. The van der Waals surface area contributed by atoms with Crippen molar-refractivity contribution < 1.29 is 8.42 Å². The number of rotatable bonds is 3. The first kappa shape index (κ1) is 13.4. The predicted octanol–water partition coefficient (Wildman–Crippen LogP) is 2.40. The zero-order chi connectivity index (χ0) is 14.0. The van der Waals surface area contributed by atoms with Crippen molar-refractivity contribution in [3.63, 3.8) is 0 Å². The van der Waals surface area contributed by atoms with Crippen LogP contribution in [0.25, 0.3) is 0 Å². The summed E-state index contributed by atoms with van der Waals surface area (Å²) in [4.78, 5) is 0.235. The quantitative estimate of drug-likeness (QED) is 0.876. The number of anilines is 2. The SMILES string of the molecule is Cc1c(N)cccc1S(=O)(=O)N(C)c1ccccc1. The van der Waals surface area contributed by atoms with Gasteiger partial charge in [-0.15, -0.1) is 0 Å². The van der Waals surface area contributed by atoms with Gasteiger partial charge in [-0.2, -0.15) is 0 Å². The Balaban J connectivity index is 2.52. The van der Waals surface area contributed by atoms with Crippen LogP contribution in [0.4, 0.5) is 11.4 Å². The molecule has 0 bridgehead atoms. The van der Waals surface area contributed by atoms with Gasteiger partial charge in [-0.25, -0.2) is 8.42 Å². The van der Waals surface area contributed by atoms with Crippen LogP contribution < -0.4 is 10.0 Å². The molecule has 2 rings (SSSR count). The van der Waals surface area contributed by atoms with Crippen molar-refractivity contribution in [3.8, 4) is 0 Å². The van der Waals surface area contributed by atoms with Gasteiger partial charge < -0.3 is 5.73 Å². The Kier molecular flexibility index (Phi) is 3.48. The fourth-order valence-corrected chi connectivity index (χ4v) is 3.28. The second kappa shape index (κ2) is 4.93. The Bertz CT molecular complexity index is 682. The van der Waals surface area contributed by atoms with E-state index in [1.54, 1.807) is 49.4 Å². The van der Waals surface area contributed by atoms with Crippen molar-refractivity contribution in [3.05, 3.63) is 54.1 Å². The van der Waals surface area contributed by atoms with Crippen LogP contribution in [-0.2, 0) is 10.0 Å². The van der Waals surface area contributed by atoms with E-state index in [4.69, 9.17) is 5.73 Å². The Morgan fingerprint density at radius 2 is 1.63 bits per heavy atom. The fourth-order valence-electron chi connectivity index (χ4n) is 1.84. The van der Waals surface area contributed by atoms with Crippen LogP contribution in [0.2, 0.25) is 0 Å². The Hall–Kier alpha value is -2.01. The summed E-state index contributed by atoms with van der Waals surface area (Å²) in [5, 5.41) is 0. The number of nitrogens with two attached hydrogens (primary N) is 1. The molecule has 2 aromatic rings. The van der Waals surface area contributed by atoms with Gasteiger partial charge in [0.2, 0.25) is 0 Å². The molecular formula is C14H16N2O2S. The fraction of sp³-hybridized carbons (Fsp3) is 0.143. The number of sulfonamides is 1. The Morgan fingerprint density at radius 3 is 2.26 bits per heavy atom. The van der Waals surface area contributed by atoms with Crippen LogP contribution in [0, 0.1) is 6.92 Å². The summed E-state index contributed by atoms with van der Waals surface area (Å²) in [6, 6.07) is 13.8. The molecule has 0 aliphatic carbocycles. The molecule has 0 heterocycles. The van der Waals surface area contributed by atoms with E-state index in [1.807, 2.05) is 6.07 Å². The Labute approximate surface area is 113 Å². The van der Waals surface area contributed by atoms with E-state index >= 15 is 0 Å². The monoisotopic (exact) mass is 276 g/mol. The summed E-state index contributed by atoms with van der Waals surface area (Å²) >= 11 is 0. The molecule has 0 atom stereocenters. The lowest BCUT2D eigenvalue weighted by Crippen LogP contribution is -2.27. The average Bonchev–Trinajstić information content (AvgIpc) is 2.41. The van der Waals surface area contributed by atoms with Gasteiger partial charge >= 0.3 is 0 Å². The lowest BCUT2D eigenvalue weighted by atomic mass is 10.2. The third-order valence-electron chi connectivity index (χ3n) is 3.08. The number of nitrogens with zero attached hydrogens (tertiary/aromatic N) is 1. The highest BCUT2D eigenvalue weighted by molar-refractivity contribution is 7.92. The van der Waals surface area contributed by atoms with Gasteiger partial charge in [0.1, 0.15) is 0 Å². The lowest BCUT2D eigenvalue weighted by molar-refractivity contribution is 0.594. The molecule has 0 radical (unpaired) electrons. The predicted molar refractivity (Wildman–Crippen MR) is 77.6 cm³/mol. The number of para-hydroxylation sites is 1. The van der Waals surface area contributed by atoms with E-state index in [1.165, 1.54) is 11.4 Å². The topological polar surface area (TPSA) is 63.4 Å². The minimum Gasteiger partial charge on any atom is -0.398 e. The molecule has 19 heavy (non-hydrogen) atoms. The summed E-state index contributed by atoms with van der Waals surface area (Å²) < 4.78 is 26.4. The largest absolute Gasteiger partial charge is 0.398 e. The molecular weight excluding hydrogens is 260 g/mol. The standard InChI is InChI=1S/C14H16N2O2S/c1-11-13(15)9-6-10-14(11)19(17,18)16(2)12-7-4-3-5-8-12/h3-10H,15H2,1-2H3. The minimum atomic E-state index is -3.59. The third kappa shape index (κ3) is 2.42. The van der Waals surface area contributed by atoms with Gasteiger partial charge in [0, 0.05) is 12.7 Å². The smallest absolute Gasteiger partial charge is 0.264 e. The van der Waals surface area contributed by atoms with Crippen molar-refractivity contribution in [2.75, 3.05) is 17.1 Å². The second-order valence-electron chi connectivity index (χ2n) is 4.28. The normalized spacial score (nSPS) is 11.3. The van der Waals surface area contributed by atoms with Crippen LogP contribution in [0.5, 0.6) is 0 Å². The van der Waals surface area contributed by atoms with E-state index in [2.05, 4.69) is 0 Å². The van der Waals surface area contributed by atoms with Gasteiger partial charge in [-0.3, -0.25) is 4.31 Å². The van der Waals surface area contributed by atoms with Crippen molar-refractivity contribution in [1.29, 1.82) is 0 Å². The van der Waals surface area contributed by atoms with Crippen molar-refractivity contribution >= 4 is 21.4 Å². The first-order valence-corrected chi connectivity index (χ1v) is 7.27. The second-order valence-corrected chi connectivity index (χ2v) is 6.22. The summed E-state index contributed by atoms with van der Waals surface area (Å²) in [7, 11) is -2.06. The van der Waals surface area contributed by atoms with Crippen LogP contribution in [0.3, 0.4) is 0 Å². The number of hydrogen-bond donors (Lipinski definition) is 1. The van der Waals surface area contributed by atoms with Gasteiger partial charge in [0.15, 0.2) is 0 Å². The molecule has 4 nitrogen and oxygen atoms in total. The van der Waals surface area contributed by atoms with E-state index in [-0.39, 0.29) is 4.90 Å². The van der Waals surface area contributed by atoms with Crippen molar-refractivity contribution in [1.82, 2.24) is 0 Å². The molecule has 2 aromatic carbocycles. The third-order valence-corrected chi connectivity index (χ3v) is 5.01. The van der Waals surface area contributed by atoms with Gasteiger partial charge in [0.25, 0.3) is 10.0 Å². The maximum atomic E-state index is 12.6. The molecule has 0 aliphatic rings.